The SMILES string of the molecule is CCCc1c(C)c(C#N)c2[nH]c3ccccc3[n+]2c1NCCC[NH+]1CCOCC1. The summed E-state index contributed by atoms with van der Waals surface area (Å²) in [5, 5.41) is 13.6. The number of nitrogens with zero attached hydrogens (tertiary/aromatic N) is 2. The fourth-order valence-electron chi connectivity index (χ4n) is 4.46. The smallest absolute Gasteiger partial charge is 0.250 e. The normalized spacial score (nSPS) is 15.1. The maximum atomic E-state index is 9.87. The first-order valence-electron chi connectivity index (χ1n) is 10.8. The number of para-hydroxylation sites is 2. The lowest BCUT2D eigenvalue weighted by Gasteiger charge is -2.23. The third kappa shape index (κ3) is 3.81. The van der Waals surface area contributed by atoms with E-state index in [1.807, 2.05) is 6.07 Å². The maximum Gasteiger partial charge on any atom is 0.250 e. The van der Waals surface area contributed by atoms with Crippen LogP contribution in [0.2, 0.25) is 0 Å². The monoisotopic (exact) mass is 393 g/mol. The van der Waals surface area contributed by atoms with Crippen LogP contribution in [-0.4, -0.2) is 44.4 Å². The lowest BCUT2D eigenvalue weighted by Crippen LogP contribution is -3.14. The first kappa shape index (κ1) is 19.7. The van der Waals surface area contributed by atoms with Gasteiger partial charge < -0.3 is 15.0 Å². The number of ether oxygens (including phenoxy) is 1. The van der Waals surface area contributed by atoms with Crippen LogP contribution in [0.25, 0.3) is 16.7 Å². The molecule has 29 heavy (non-hydrogen) atoms. The second-order valence-corrected chi connectivity index (χ2v) is 7.91. The number of pyridine rings is 1. The van der Waals surface area contributed by atoms with Gasteiger partial charge in [-0.1, -0.05) is 25.5 Å². The molecule has 0 radical (unpaired) electrons. The largest absolute Gasteiger partial charge is 0.370 e. The number of aromatic amines is 1. The molecule has 0 unspecified atom stereocenters. The van der Waals surface area contributed by atoms with Crippen LogP contribution in [0.15, 0.2) is 24.3 Å². The fourth-order valence-corrected chi connectivity index (χ4v) is 4.46. The average molecular weight is 394 g/mol. The summed E-state index contributed by atoms with van der Waals surface area (Å²) in [4.78, 5) is 5.10. The Bertz CT molecular complexity index is 1040. The zero-order chi connectivity index (χ0) is 20.2. The van der Waals surface area contributed by atoms with Crippen molar-refractivity contribution in [1.82, 2.24) is 4.98 Å². The van der Waals surface area contributed by atoms with Crippen molar-refractivity contribution in [3.63, 3.8) is 0 Å². The molecule has 3 heterocycles. The molecule has 0 amide bonds. The number of hydrogen-bond acceptors (Lipinski definition) is 3. The minimum Gasteiger partial charge on any atom is -0.370 e. The zero-order valence-corrected chi connectivity index (χ0v) is 17.5. The highest BCUT2D eigenvalue weighted by Gasteiger charge is 2.25. The number of benzene rings is 1. The van der Waals surface area contributed by atoms with Gasteiger partial charge in [-0.25, -0.2) is 0 Å². The van der Waals surface area contributed by atoms with Crippen molar-refractivity contribution in [2.24, 2.45) is 0 Å². The molecule has 3 aromatic rings. The molecule has 0 atom stereocenters. The summed E-state index contributed by atoms with van der Waals surface area (Å²) in [6, 6.07) is 10.7. The van der Waals surface area contributed by atoms with Gasteiger partial charge in [0.05, 0.1) is 26.3 Å². The molecule has 0 spiro atoms. The molecule has 0 saturated carbocycles. The fraction of sp³-hybridized carbons (Fsp3) is 0.478. The molecule has 0 bridgehead atoms. The van der Waals surface area contributed by atoms with Crippen molar-refractivity contribution < 1.29 is 14.0 Å². The topological polar surface area (TPSA) is 69.4 Å². The van der Waals surface area contributed by atoms with E-state index in [9.17, 15) is 5.26 Å². The molecule has 6 nitrogen and oxygen atoms in total. The van der Waals surface area contributed by atoms with Gasteiger partial charge in [-0.3, -0.25) is 4.98 Å². The van der Waals surface area contributed by atoms with E-state index in [1.165, 1.54) is 5.56 Å². The predicted molar refractivity (Wildman–Crippen MR) is 114 cm³/mol. The Balaban J connectivity index is 1.70. The molecule has 1 aliphatic heterocycles. The van der Waals surface area contributed by atoms with E-state index in [0.717, 1.165) is 92.3 Å². The second-order valence-electron chi connectivity index (χ2n) is 7.91. The van der Waals surface area contributed by atoms with Crippen LogP contribution >= 0.6 is 0 Å². The Hall–Kier alpha value is -2.62. The maximum absolute atomic E-state index is 9.87. The van der Waals surface area contributed by atoms with Crippen molar-refractivity contribution >= 4 is 22.5 Å². The van der Waals surface area contributed by atoms with Gasteiger partial charge in [-0.05, 0) is 31.0 Å². The number of aromatic nitrogens is 2. The third-order valence-electron chi connectivity index (χ3n) is 6.01. The van der Waals surface area contributed by atoms with Gasteiger partial charge in [0.1, 0.15) is 35.8 Å². The van der Waals surface area contributed by atoms with Crippen LogP contribution in [0, 0.1) is 18.3 Å². The highest BCUT2D eigenvalue weighted by Crippen LogP contribution is 2.26. The molecular weight excluding hydrogens is 362 g/mol. The lowest BCUT2D eigenvalue weighted by molar-refractivity contribution is -0.908. The number of rotatable bonds is 7. The average Bonchev–Trinajstić information content (AvgIpc) is 3.13. The minimum atomic E-state index is 0.743. The number of fused-ring (bicyclic) bond motifs is 3. The van der Waals surface area contributed by atoms with E-state index in [0.29, 0.717) is 0 Å². The number of imidazole rings is 1. The van der Waals surface area contributed by atoms with Crippen molar-refractivity contribution in [2.75, 3.05) is 44.7 Å². The van der Waals surface area contributed by atoms with E-state index in [1.54, 1.807) is 4.90 Å². The molecular formula is C23H31N5O+2. The number of nitriles is 1. The lowest BCUT2D eigenvalue weighted by atomic mass is 10.0. The number of quaternary nitrogens is 1. The van der Waals surface area contributed by atoms with Gasteiger partial charge in [0, 0.05) is 12.0 Å². The summed E-state index contributed by atoms with van der Waals surface area (Å²) in [6.07, 6.45) is 3.12. The number of H-pyrrole nitrogens is 1. The first-order chi connectivity index (χ1) is 14.2. The molecule has 3 N–H and O–H groups in total. The number of morpholine rings is 1. The summed E-state index contributed by atoms with van der Waals surface area (Å²) < 4.78 is 7.68. The van der Waals surface area contributed by atoms with Crippen LogP contribution in [0.1, 0.15) is 36.5 Å². The number of anilines is 1. The predicted octanol–water partition coefficient (Wildman–Crippen LogP) is 1.76. The van der Waals surface area contributed by atoms with Gasteiger partial charge in [0.15, 0.2) is 0 Å². The van der Waals surface area contributed by atoms with Crippen molar-refractivity contribution in [3.05, 3.63) is 41.0 Å². The van der Waals surface area contributed by atoms with Crippen molar-refractivity contribution in [2.45, 2.75) is 33.1 Å². The summed E-state index contributed by atoms with van der Waals surface area (Å²) in [7, 11) is 0. The molecule has 152 valence electrons. The van der Waals surface area contributed by atoms with Crippen LogP contribution in [0.4, 0.5) is 5.82 Å². The van der Waals surface area contributed by atoms with Crippen LogP contribution < -0.4 is 14.6 Å². The van der Waals surface area contributed by atoms with E-state index in [2.05, 4.69) is 52.8 Å². The second kappa shape index (κ2) is 8.81. The number of nitrogens with one attached hydrogen (secondary N) is 3. The van der Waals surface area contributed by atoms with E-state index >= 15 is 0 Å². The standard InChI is InChI=1S/C23H29N5O/c1-3-7-18-17(2)19(16-24)23-26-20-8-4-5-9-21(20)28(23)22(18)25-10-6-11-27-12-14-29-15-13-27/h4-5,8-9H,3,6-7,10-15H2,1-2H3,(H,25,26)/p+2. The van der Waals surface area contributed by atoms with Crippen molar-refractivity contribution in [3.8, 4) is 6.07 Å². The van der Waals surface area contributed by atoms with Gasteiger partial charge in [0.2, 0.25) is 11.5 Å². The molecule has 1 fully saturated rings. The van der Waals surface area contributed by atoms with Crippen LogP contribution in [0.5, 0.6) is 0 Å². The molecule has 6 heteroatoms. The summed E-state index contributed by atoms with van der Waals surface area (Å²) in [5.41, 5.74) is 6.13. The Kier molecular flexibility index (Phi) is 5.98. The first-order valence-corrected chi connectivity index (χ1v) is 10.8. The molecule has 1 aromatic carbocycles. The van der Waals surface area contributed by atoms with Gasteiger partial charge >= 0.3 is 0 Å². The number of hydrogen-bond donors (Lipinski definition) is 3. The Morgan fingerprint density at radius 3 is 2.83 bits per heavy atom. The molecule has 2 aromatic heterocycles. The van der Waals surface area contributed by atoms with Crippen molar-refractivity contribution in [1.29, 1.82) is 5.26 Å². The van der Waals surface area contributed by atoms with Crippen LogP contribution in [-0.2, 0) is 11.2 Å². The van der Waals surface area contributed by atoms with E-state index in [-0.39, 0.29) is 0 Å². The highest BCUT2D eigenvalue weighted by molar-refractivity contribution is 5.78. The zero-order valence-electron chi connectivity index (χ0n) is 17.5. The summed E-state index contributed by atoms with van der Waals surface area (Å²) >= 11 is 0. The van der Waals surface area contributed by atoms with E-state index < -0.39 is 0 Å². The van der Waals surface area contributed by atoms with Gasteiger partial charge in [0.25, 0.3) is 0 Å². The third-order valence-corrected chi connectivity index (χ3v) is 6.01. The molecule has 1 aliphatic rings. The summed E-state index contributed by atoms with van der Waals surface area (Å²) in [6.45, 7) is 10.3. The van der Waals surface area contributed by atoms with Gasteiger partial charge in [-0.2, -0.15) is 9.66 Å². The summed E-state index contributed by atoms with van der Waals surface area (Å²) in [5.74, 6) is 1.13. The van der Waals surface area contributed by atoms with Gasteiger partial charge in [-0.15, -0.1) is 0 Å². The molecule has 0 aliphatic carbocycles. The highest BCUT2D eigenvalue weighted by atomic mass is 16.5. The van der Waals surface area contributed by atoms with Crippen LogP contribution in [0.3, 0.4) is 0 Å². The molecule has 4 rings (SSSR count). The Labute approximate surface area is 172 Å². The molecule has 1 saturated heterocycles. The minimum absolute atomic E-state index is 0.743. The Morgan fingerprint density at radius 1 is 1.28 bits per heavy atom. The van der Waals surface area contributed by atoms with E-state index in [4.69, 9.17) is 4.74 Å². The quantitative estimate of drug-likeness (QED) is 0.423. The Morgan fingerprint density at radius 2 is 2.07 bits per heavy atom.